The monoisotopic (exact) mass is 351 g/mol. The second-order valence-electron chi connectivity index (χ2n) is 6.97. The zero-order valence-corrected chi connectivity index (χ0v) is 15.5. The maximum absolute atomic E-state index is 12.7. The summed E-state index contributed by atoms with van der Waals surface area (Å²) in [6.45, 7) is 5.24. The van der Waals surface area contributed by atoms with Crippen LogP contribution in [0, 0.1) is 13.8 Å². The fourth-order valence-electron chi connectivity index (χ4n) is 3.44. The Balaban J connectivity index is 1.63. The van der Waals surface area contributed by atoms with Crippen LogP contribution in [0.1, 0.15) is 23.1 Å². The Morgan fingerprint density at radius 2 is 1.81 bits per heavy atom. The van der Waals surface area contributed by atoms with E-state index in [1.54, 1.807) is 7.05 Å². The Morgan fingerprint density at radius 1 is 1.15 bits per heavy atom. The Labute approximate surface area is 154 Å². The molecule has 0 aromatic heterocycles. The smallest absolute Gasteiger partial charge is 0.322 e. The summed E-state index contributed by atoms with van der Waals surface area (Å²) < 4.78 is 0. The number of urea groups is 1. The third-order valence-electron chi connectivity index (χ3n) is 4.75. The van der Waals surface area contributed by atoms with Gasteiger partial charge in [0.2, 0.25) is 5.91 Å². The van der Waals surface area contributed by atoms with Gasteiger partial charge in [0.25, 0.3) is 0 Å². The van der Waals surface area contributed by atoms with Gasteiger partial charge >= 0.3 is 6.03 Å². The summed E-state index contributed by atoms with van der Waals surface area (Å²) in [6, 6.07) is 15.2. The molecule has 0 spiro atoms. The summed E-state index contributed by atoms with van der Waals surface area (Å²) in [4.78, 5) is 28.6. The molecule has 0 aliphatic carbocycles. The van der Waals surface area contributed by atoms with Crippen molar-refractivity contribution >= 4 is 17.6 Å². The van der Waals surface area contributed by atoms with Crippen molar-refractivity contribution in [1.82, 2.24) is 9.80 Å². The number of likely N-dealkylation sites (tertiary alicyclic amines) is 1. The number of nitrogens with zero attached hydrogens (tertiary/aromatic N) is 2. The first kappa shape index (κ1) is 18.0. The molecule has 3 amide bonds. The van der Waals surface area contributed by atoms with Crippen molar-refractivity contribution in [1.29, 1.82) is 0 Å². The van der Waals surface area contributed by atoms with E-state index in [-0.39, 0.29) is 11.9 Å². The van der Waals surface area contributed by atoms with E-state index in [2.05, 4.69) is 11.4 Å². The number of nitrogens with one attached hydrogen (secondary N) is 1. The molecule has 0 unspecified atom stereocenters. The number of carbonyl (C=O) groups excluding carboxylic acids is 2. The number of benzene rings is 2. The van der Waals surface area contributed by atoms with Crippen molar-refractivity contribution in [2.75, 3.05) is 18.9 Å². The molecule has 1 N–H and O–H groups in total. The number of hydrogen-bond donors (Lipinski definition) is 1. The van der Waals surface area contributed by atoms with Crippen molar-refractivity contribution in [3.63, 3.8) is 0 Å². The van der Waals surface area contributed by atoms with Crippen LogP contribution in [0.4, 0.5) is 10.5 Å². The maximum atomic E-state index is 12.7. The second-order valence-corrected chi connectivity index (χ2v) is 6.97. The Morgan fingerprint density at radius 3 is 2.46 bits per heavy atom. The molecule has 26 heavy (non-hydrogen) atoms. The number of aryl methyl sites for hydroxylation is 2. The minimum atomic E-state index is -0.412. The van der Waals surface area contributed by atoms with Gasteiger partial charge in [-0.15, -0.1) is 0 Å². The van der Waals surface area contributed by atoms with Crippen LogP contribution in [0.25, 0.3) is 0 Å². The highest BCUT2D eigenvalue weighted by atomic mass is 16.2. The normalized spacial score (nSPS) is 16.7. The average molecular weight is 351 g/mol. The predicted octanol–water partition coefficient (Wildman–Crippen LogP) is 3.57. The van der Waals surface area contributed by atoms with Gasteiger partial charge in [0.1, 0.15) is 6.04 Å². The van der Waals surface area contributed by atoms with Crippen molar-refractivity contribution in [2.24, 2.45) is 0 Å². The first-order chi connectivity index (χ1) is 12.4. The van der Waals surface area contributed by atoms with Crippen molar-refractivity contribution < 1.29 is 9.59 Å². The van der Waals surface area contributed by atoms with Gasteiger partial charge in [-0.2, -0.15) is 0 Å². The van der Waals surface area contributed by atoms with E-state index in [0.717, 1.165) is 22.4 Å². The van der Waals surface area contributed by atoms with Crippen LogP contribution in [0.5, 0.6) is 0 Å². The molecule has 1 fully saturated rings. The van der Waals surface area contributed by atoms with E-state index in [9.17, 15) is 9.59 Å². The summed E-state index contributed by atoms with van der Waals surface area (Å²) >= 11 is 0. The first-order valence-corrected chi connectivity index (χ1v) is 8.89. The van der Waals surface area contributed by atoms with E-state index in [1.807, 2.05) is 61.2 Å². The second kappa shape index (κ2) is 7.60. The standard InChI is InChI=1S/C21H25N3O2/c1-15-11-16(2)13-18(12-15)22-21(26)23(3)19-9-10-24(20(19)25)14-17-7-5-4-6-8-17/h4-8,11-13,19H,9-10,14H2,1-3H3,(H,22,26)/t19-/m1/s1. The van der Waals surface area contributed by atoms with E-state index in [1.165, 1.54) is 4.90 Å². The van der Waals surface area contributed by atoms with Gasteiger partial charge in [0, 0.05) is 25.8 Å². The number of anilines is 1. The van der Waals surface area contributed by atoms with Crippen LogP contribution in [0.2, 0.25) is 0 Å². The summed E-state index contributed by atoms with van der Waals surface area (Å²) in [5.74, 6) is 0.00641. The molecular weight excluding hydrogens is 326 g/mol. The maximum Gasteiger partial charge on any atom is 0.322 e. The van der Waals surface area contributed by atoms with Gasteiger partial charge < -0.3 is 15.1 Å². The number of carbonyl (C=O) groups is 2. The SMILES string of the molecule is Cc1cc(C)cc(NC(=O)N(C)[C@@H]2CCN(Cc3ccccc3)C2=O)c1. The van der Waals surface area contributed by atoms with Crippen molar-refractivity contribution in [3.05, 3.63) is 65.2 Å². The van der Waals surface area contributed by atoms with Crippen LogP contribution in [0.3, 0.4) is 0 Å². The lowest BCUT2D eigenvalue weighted by molar-refractivity contribution is -0.131. The number of rotatable bonds is 4. The molecule has 0 saturated carbocycles. The van der Waals surface area contributed by atoms with Crippen LogP contribution in [0.15, 0.2) is 48.5 Å². The molecule has 136 valence electrons. The topological polar surface area (TPSA) is 52.7 Å². The highest BCUT2D eigenvalue weighted by Crippen LogP contribution is 2.20. The number of hydrogen-bond acceptors (Lipinski definition) is 2. The van der Waals surface area contributed by atoms with E-state index in [4.69, 9.17) is 0 Å². The lowest BCUT2D eigenvalue weighted by Crippen LogP contribution is -2.44. The number of amides is 3. The van der Waals surface area contributed by atoms with Gasteiger partial charge in [-0.1, -0.05) is 36.4 Å². The summed E-state index contributed by atoms with van der Waals surface area (Å²) in [5, 5.41) is 2.90. The van der Waals surface area contributed by atoms with Crippen LogP contribution in [-0.2, 0) is 11.3 Å². The van der Waals surface area contributed by atoms with E-state index >= 15 is 0 Å². The average Bonchev–Trinajstić information content (AvgIpc) is 2.95. The zero-order chi connectivity index (χ0) is 18.7. The third-order valence-corrected chi connectivity index (χ3v) is 4.75. The van der Waals surface area contributed by atoms with Crippen LogP contribution in [-0.4, -0.2) is 41.4 Å². The van der Waals surface area contributed by atoms with Gasteiger partial charge in [0.05, 0.1) is 0 Å². The predicted molar refractivity (Wildman–Crippen MR) is 103 cm³/mol. The molecule has 1 heterocycles. The largest absolute Gasteiger partial charge is 0.336 e. The van der Waals surface area contributed by atoms with Crippen molar-refractivity contribution in [3.8, 4) is 0 Å². The molecule has 2 aromatic rings. The molecule has 1 aliphatic heterocycles. The fourth-order valence-corrected chi connectivity index (χ4v) is 3.44. The molecule has 1 saturated heterocycles. The van der Waals surface area contributed by atoms with E-state index < -0.39 is 6.04 Å². The molecule has 1 atom stereocenters. The fraction of sp³-hybridized carbons (Fsp3) is 0.333. The zero-order valence-electron chi connectivity index (χ0n) is 15.5. The molecule has 5 nitrogen and oxygen atoms in total. The molecule has 3 rings (SSSR count). The Kier molecular flexibility index (Phi) is 5.26. The Bertz CT molecular complexity index is 784. The highest BCUT2D eigenvalue weighted by molar-refractivity contribution is 5.94. The van der Waals surface area contributed by atoms with Crippen molar-refractivity contribution in [2.45, 2.75) is 32.9 Å². The Hall–Kier alpha value is -2.82. The summed E-state index contributed by atoms with van der Waals surface area (Å²) in [6.07, 6.45) is 0.655. The molecule has 1 aliphatic rings. The third kappa shape index (κ3) is 4.04. The minimum absolute atomic E-state index is 0.00641. The van der Waals surface area contributed by atoms with Crippen LogP contribution < -0.4 is 5.32 Å². The highest BCUT2D eigenvalue weighted by Gasteiger charge is 2.36. The minimum Gasteiger partial charge on any atom is -0.336 e. The molecule has 5 heteroatoms. The quantitative estimate of drug-likeness (QED) is 0.915. The summed E-state index contributed by atoms with van der Waals surface area (Å²) in [5.41, 5.74) is 4.04. The van der Waals surface area contributed by atoms with Gasteiger partial charge in [0.15, 0.2) is 0 Å². The van der Waals surface area contributed by atoms with Gasteiger partial charge in [-0.3, -0.25) is 4.79 Å². The van der Waals surface area contributed by atoms with Gasteiger partial charge in [-0.25, -0.2) is 4.79 Å². The van der Waals surface area contributed by atoms with E-state index in [0.29, 0.717) is 19.5 Å². The molecular formula is C21H25N3O2. The first-order valence-electron chi connectivity index (χ1n) is 8.89. The lowest BCUT2D eigenvalue weighted by Gasteiger charge is -2.24. The molecule has 2 aromatic carbocycles. The number of likely N-dealkylation sites (N-methyl/N-ethyl adjacent to an activating group) is 1. The molecule has 0 bridgehead atoms. The lowest BCUT2D eigenvalue weighted by atomic mass is 10.1. The summed E-state index contributed by atoms with van der Waals surface area (Å²) in [7, 11) is 1.69. The van der Waals surface area contributed by atoms with Crippen LogP contribution >= 0.6 is 0 Å². The molecule has 0 radical (unpaired) electrons. The van der Waals surface area contributed by atoms with Gasteiger partial charge in [-0.05, 0) is 49.1 Å².